The first-order valence-electron chi connectivity index (χ1n) is 10.9. The number of thiophene rings is 1. The molecule has 0 fully saturated rings. The molecule has 2 aromatic rings. The number of fused-ring (bicyclic) bond motifs is 1. The summed E-state index contributed by atoms with van der Waals surface area (Å²) in [4.78, 5) is 30.6. The van der Waals surface area contributed by atoms with Crippen molar-refractivity contribution in [1.29, 1.82) is 0 Å². The topological polar surface area (TPSA) is 40.6 Å². The van der Waals surface area contributed by atoms with Gasteiger partial charge in [-0.15, -0.1) is 11.3 Å². The van der Waals surface area contributed by atoms with E-state index >= 15 is 0 Å². The minimum atomic E-state index is -0.0905. The van der Waals surface area contributed by atoms with Gasteiger partial charge in [0.1, 0.15) is 6.54 Å². The number of carbonyl (C=O) groups is 2. The zero-order valence-corrected chi connectivity index (χ0v) is 19.9. The third-order valence-corrected chi connectivity index (χ3v) is 7.21. The van der Waals surface area contributed by atoms with Gasteiger partial charge in [-0.2, -0.15) is 0 Å². The Hall–Kier alpha value is -2.14. The first kappa shape index (κ1) is 22.5. The van der Waals surface area contributed by atoms with Gasteiger partial charge in [0, 0.05) is 24.4 Å². The van der Waals surface area contributed by atoms with Crippen LogP contribution in [0.25, 0.3) is 0 Å². The lowest BCUT2D eigenvalue weighted by molar-refractivity contribution is -0.142. The van der Waals surface area contributed by atoms with Crippen molar-refractivity contribution in [3.05, 3.63) is 57.3 Å². The lowest BCUT2D eigenvalue weighted by Gasteiger charge is -2.38. The van der Waals surface area contributed by atoms with Crippen molar-refractivity contribution in [2.45, 2.75) is 71.9 Å². The SMILES string of the molecule is CC[C@H](C)N(CC(=O)N1CCc2sccc2[C@@H]1c1ccc(C(C)(C)C)cc1)C(C)=O. The Morgan fingerprint density at radius 3 is 2.43 bits per heavy atom. The molecule has 2 atom stereocenters. The fraction of sp³-hybridized carbons (Fsp3) is 0.520. The van der Waals surface area contributed by atoms with Gasteiger partial charge < -0.3 is 9.80 Å². The Labute approximate surface area is 184 Å². The highest BCUT2D eigenvalue weighted by Gasteiger charge is 2.34. The molecule has 0 saturated heterocycles. The van der Waals surface area contributed by atoms with Crippen LogP contribution in [0.15, 0.2) is 35.7 Å². The highest BCUT2D eigenvalue weighted by Crippen LogP contribution is 2.38. The predicted octanol–water partition coefficient (Wildman–Crippen LogP) is 5.17. The maximum Gasteiger partial charge on any atom is 0.243 e. The van der Waals surface area contributed by atoms with Crippen molar-refractivity contribution in [2.75, 3.05) is 13.1 Å². The largest absolute Gasteiger partial charge is 0.331 e. The summed E-state index contributed by atoms with van der Waals surface area (Å²) in [6.45, 7) is 13.1. The summed E-state index contributed by atoms with van der Waals surface area (Å²) in [5, 5.41) is 2.12. The molecule has 5 heteroatoms. The average molecular weight is 427 g/mol. The highest BCUT2D eigenvalue weighted by molar-refractivity contribution is 7.10. The van der Waals surface area contributed by atoms with Crippen LogP contribution in [0.2, 0.25) is 0 Å². The Morgan fingerprint density at radius 2 is 1.87 bits per heavy atom. The number of nitrogens with zero attached hydrogens (tertiary/aromatic N) is 2. The molecule has 0 radical (unpaired) electrons. The Bertz CT molecular complexity index is 895. The Balaban J connectivity index is 1.93. The van der Waals surface area contributed by atoms with E-state index in [-0.39, 0.29) is 35.9 Å². The van der Waals surface area contributed by atoms with E-state index in [1.165, 1.54) is 16.0 Å². The molecule has 0 unspecified atom stereocenters. The van der Waals surface area contributed by atoms with Crippen LogP contribution in [-0.2, 0) is 21.4 Å². The average Bonchev–Trinajstić information content (AvgIpc) is 3.18. The number of benzene rings is 1. The second kappa shape index (κ2) is 8.93. The Morgan fingerprint density at radius 1 is 1.20 bits per heavy atom. The molecule has 1 aromatic heterocycles. The van der Waals surface area contributed by atoms with Crippen molar-refractivity contribution in [2.24, 2.45) is 0 Å². The van der Waals surface area contributed by atoms with Gasteiger partial charge in [-0.3, -0.25) is 9.59 Å². The summed E-state index contributed by atoms with van der Waals surface area (Å²) in [7, 11) is 0. The van der Waals surface area contributed by atoms with Crippen molar-refractivity contribution in [3.8, 4) is 0 Å². The molecule has 3 rings (SSSR count). The molecule has 0 bridgehead atoms. The summed E-state index contributed by atoms with van der Waals surface area (Å²) in [6.07, 6.45) is 1.71. The van der Waals surface area contributed by atoms with Crippen LogP contribution in [0.5, 0.6) is 0 Å². The predicted molar refractivity (Wildman–Crippen MR) is 124 cm³/mol. The quantitative estimate of drug-likeness (QED) is 0.662. The lowest BCUT2D eigenvalue weighted by Crippen LogP contribution is -2.48. The fourth-order valence-corrected chi connectivity index (χ4v) is 5.05. The second-order valence-electron chi connectivity index (χ2n) is 9.31. The molecule has 0 spiro atoms. The van der Waals surface area contributed by atoms with Crippen molar-refractivity contribution in [3.63, 3.8) is 0 Å². The molecule has 2 heterocycles. The van der Waals surface area contributed by atoms with Gasteiger partial charge in [-0.05, 0) is 53.3 Å². The standard InChI is InChI=1S/C25H34N2O2S/c1-7-17(2)27(18(3)28)16-23(29)26-14-12-22-21(13-15-30-22)24(26)19-8-10-20(11-9-19)25(4,5)6/h8-11,13,15,17,24H,7,12,14,16H2,1-6H3/t17-,24-/m0/s1. The van der Waals surface area contributed by atoms with Gasteiger partial charge in [-0.1, -0.05) is 52.0 Å². The number of amides is 2. The van der Waals surface area contributed by atoms with E-state index in [4.69, 9.17) is 0 Å². The normalized spacial score (nSPS) is 17.4. The van der Waals surface area contributed by atoms with Crippen molar-refractivity contribution >= 4 is 23.2 Å². The summed E-state index contributed by atoms with van der Waals surface area (Å²) >= 11 is 1.77. The fourth-order valence-electron chi connectivity index (χ4n) is 4.14. The molecule has 1 aromatic carbocycles. The molecular weight excluding hydrogens is 392 g/mol. The van der Waals surface area contributed by atoms with Gasteiger partial charge in [-0.25, -0.2) is 0 Å². The number of rotatable bonds is 5. The zero-order valence-electron chi connectivity index (χ0n) is 19.1. The van der Waals surface area contributed by atoms with Crippen LogP contribution in [-0.4, -0.2) is 40.7 Å². The van der Waals surface area contributed by atoms with E-state index in [0.717, 1.165) is 18.4 Å². The molecular formula is C25H34N2O2S. The molecule has 2 amide bonds. The maximum absolute atomic E-state index is 13.4. The highest BCUT2D eigenvalue weighted by atomic mass is 32.1. The summed E-state index contributed by atoms with van der Waals surface area (Å²) in [5.74, 6) is -0.0238. The number of carbonyl (C=O) groups excluding carboxylic acids is 2. The van der Waals surface area contributed by atoms with Crippen molar-refractivity contribution < 1.29 is 9.59 Å². The lowest BCUT2D eigenvalue weighted by atomic mass is 9.85. The smallest absolute Gasteiger partial charge is 0.243 e. The third kappa shape index (κ3) is 4.61. The molecule has 0 N–H and O–H groups in total. The van der Waals surface area contributed by atoms with Gasteiger partial charge in [0.25, 0.3) is 0 Å². The van der Waals surface area contributed by atoms with Gasteiger partial charge >= 0.3 is 0 Å². The Kier molecular flexibility index (Phi) is 6.71. The third-order valence-electron chi connectivity index (χ3n) is 6.21. The van der Waals surface area contributed by atoms with Crippen LogP contribution in [0.4, 0.5) is 0 Å². The van der Waals surface area contributed by atoms with Crippen LogP contribution in [0.3, 0.4) is 0 Å². The summed E-state index contributed by atoms with van der Waals surface area (Å²) in [5.41, 5.74) is 3.73. The van der Waals surface area contributed by atoms with Gasteiger partial charge in [0.2, 0.25) is 11.8 Å². The molecule has 0 saturated carbocycles. The van der Waals surface area contributed by atoms with E-state index in [0.29, 0.717) is 6.54 Å². The molecule has 1 aliphatic rings. The first-order chi connectivity index (χ1) is 14.1. The van der Waals surface area contributed by atoms with Gasteiger partial charge in [0.05, 0.1) is 6.04 Å². The van der Waals surface area contributed by atoms with Gasteiger partial charge in [0.15, 0.2) is 0 Å². The van der Waals surface area contributed by atoms with Crippen LogP contribution in [0, 0.1) is 0 Å². The molecule has 1 aliphatic heterocycles. The maximum atomic E-state index is 13.4. The second-order valence-corrected chi connectivity index (χ2v) is 10.3. The van der Waals surface area contributed by atoms with E-state index < -0.39 is 0 Å². The minimum Gasteiger partial charge on any atom is -0.331 e. The molecule has 4 nitrogen and oxygen atoms in total. The summed E-state index contributed by atoms with van der Waals surface area (Å²) in [6, 6.07) is 10.8. The zero-order chi connectivity index (χ0) is 22.1. The molecule has 162 valence electrons. The van der Waals surface area contributed by atoms with E-state index in [9.17, 15) is 9.59 Å². The minimum absolute atomic E-state index is 0.0206. The molecule has 0 aliphatic carbocycles. The van der Waals surface area contributed by atoms with Crippen LogP contribution >= 0.6 is 11.3 Å². The first-order valence-corrected chi connectivity index (χ1v) is 11.7. The van der Waals surface area contributed by atoms with E-state index in [1.54, 1.807) is 23.2 Å². The van der Waals surface area contributed by atoms with Crippen LogP contribution in [0.1, 0.15) is 75.6 Å². The monoisotopic (exact) mass is 426 g/mol. The summed E-state index contributed by atoms with van der Waals surface area (Å²) < 4.78 is 0. The van der Waals surface area contributed by atoms with E-state index in [1.807, 2.05) is 18.7 Å². The van der Waals surface area contributed by atoms with E-state index in [2.05, 4.69) is 56.5 Å². The number of hydrogen-bond donors (Lipinski definition) is 0. The molecule has 30 heavy (non-hydrogen) atoms. The van der Waals surface area contributed by atoms with Crippen LogP contribution < -0.4 is 0 Å². The number of hydrogen-bond acceptors (Lipinski definition) is 3. The van der Waals surface area contributed by atoms with Crippen molar-refractivity contribution in [1.82, 2.24) is 9.80 Å².